The molecule has 0 atom stereocenters. The van der Waals surface area contributed by atoms with Crippen LogP contribution in [0.15, 0.2) is 61.1 Å². The second-order valence-corrected chi connectivity index (χ2v) is 7.43. The lowest BCUT2D eigenvalue weighted by Gasteiger charge is -2.00. The van der Waals surface area contributed by atoms with Crippen molar-refractivity contribution in [1.82, 2.24) is 29.7 Å². The molecule has 0 aliphatic carbocycles. The highest BCUT2D eigenvalue weighted by molar-refractivity contribution is 7.18. The number of nitrogens with zero attached hydrogens (tertiary/aromatic N) is 6. The van der Waals surface area contributed by atoms with Gasteiger partial charge in [-0.1, -0.05) is 6.07 Å². The lowest BCUT2D eigenvalue weighted by atomic mass is 10.2. The van der Waals surface area contributed by atoms with Crippen LogP contribution in [0, 0.1) is 6.92 Å². The van der Waals surface area contributed by atoms with Gasteiger partial charge in [0.1, 0.15) is 10.7 Å². The van der Waals surface area contributed by atoms with Gasteiger partial charge in [0.2, 0.25) is 0 Å². The van der Waals surface area contributed by atoms with Crippen LogP contribution in [0.4, 0.5) is 0 Å². The lowest BCUT2D eigenvalue weighted by Crippen LogP contribution is -1.93. The molecule has 0 aliphatic rings. The molecular formula is C21H16N6S. The lowest BCUT2D eigenvalue weighted by molar-refractivity contribution is 0.789. The third-order valence-electron chi connectivity index (χ3n) is 4.53. The third-order valence-corrected chi connectivity index (χ3v) is 5.76. The minimum Gasteiger partial charge on any atom is -0.264 e. The van der Waals surface area contributed by atoms with Gasteiger partial charge in [0.05, 0.1) is 22.0 Å². The molecule has 0 spiro atoms. The Hall–Kier alpha value is -3.45. The molecule has 0 aliphatic heterocycles. The first-order valence-electron chi connectivity index (χ1n) is 8.84. The van der Waals surface area contributed by atoms with E-state index in [4.69, 9.17) is 9.97 Å². The molecule has 0 fully saturated rings. The van der Waals surface area contributed by atoms with Gasteiger partial charge >= 0.3 is 0 Å². The molecule has 5 heterocycles. The molecule has 28 heavy (non-hydrogen) atoms. The molecule has 0 N–H and O–H groups in total. The zero-order valence-corrected chi connectivity index (χ0v) is 16.2. The Morgan fingerprint density at radius 3 is 2.64 bits per heavy atom. The van der Waals surface area contributed by atoms with Gasteiger partial charge in [-0.25, -0.2) is 14.6 Å². The van der Waals surface area contributed by atoms with Crippen LogP contribution in [-0.4, -0.2) is 29.7 Å². The second kappa shape index (κ2) is 6.61. The fourth-order valence-corrected chi connectivity index (χ4v) is 4.22. The average Bonchev–Trinajstić information content (AvgIpc) is 3.29. The van der Waals surface area contributed by atoms with E-state index in [1.54, 1.807) is 28.4 Å². The molecule has 6 nitrogen and oxygen atoms in total. The number of fused-ring (bicyclic) bond motifs is 1. The average molecular weight is 384 g/mol. The summed E-state index contributed by atoms with van der Waals surface area (Å²) in [4.78, 5) is 19.3. The van der Waals surface area contributed by atoms with Crippen LogP contribution in [0.3, 0.4) is 0 Å². The van der Waals surface area contributed by atoms with Crippen molar-refractivity contribution in [2.75, 3.05) is 0 Å². The highest BCUT2D eigenvalue weighted by Gasteiger charge is 2.17. The monoisotopic (exact) mass is 384 g/mol. The van der Waals surface area contributed by atoms with Crippen LogP contribution in [0.1, 0.15) is 5.69 Å². The van der Waals surface area contributed by atoms with E-state index in [2.05, 4.69) is 21.1 Å². The number of hydrogen-bond donors (Lipinski definition) is 0. The van der Waals surface area contributed by atoms with Crippen LogP contribution < -0.4 is 0 Å². The SMILES string of the molecule is Cc1nc(-c2cccnc2)sc1-c1ccc2c(-c3ccccn3)nn(C)c2n1. The number of aryl methyl sites for hydroxylation is 2. The van der Waals surface area contributed by atoms with E-state index in [1.807, 2.05) is 56.6 Å². The third kappa shape index (κ3) is 2.76. The summed E-state index contributed by atoms with van der Waals surface area (Å²) in [6.07, 6.45) is 5.37. The molecule has 5 rings (SSSR count). The smallest absolute Gasteiger partial charge is 0.158 e. The van der Waals surface area contributed by atoms with Gasteiger partial charge in [0.25, 0.3) is 0 Å². The van der Waals surface area contributed by atoms with Gasteiger partial charge in [0, 0.05) is 36.6 Å². The normalized spacial score (nSPS) is 11.2. The first-order valence-corrected chi connectivity index (χ1v) is 9.66. The predicted octanol–water partition coefficient (Wildman–Crippen LogP) is 4.52. The van der Waals surface area contributed by atoms with E-state index in [0.717, 1.165) is 49.3 Å². The molecule has 0 saturated heterocycles. The maximum absolute atomic E-state index is 4.89. The van der Waals surface area contributed by atoms with Crippen molar-refractivity contribution in [2.24, 2.45) is 7.05 Å². The first kappa shape index (κ1) is 16.7. The number of hydrogen-bond acceptors (Lipinski definition) is 6. The van der Waals surface area contributed by atoms with Gasteiger partial charge in [-0.05, 0) is 43.3 Å². The Morgan fingerprint density at radius 2 is 1.86 bits per heavy atom. The Labute approximate surface area is 165 Å². The molecular weight excluding hydrogens is 368 g/mol. The zero-order chi connectivity index (χ0) is 19.1. The Bertz CT molecular complexity index is 1270. The van der Waals surface area contributed by atoms with Crippen molar-refractivity contribution in [3.63, 3.8) is 0 Å². The van der Waals surface area contributed by atoms with Crippen LogP contribution in [0.25, 0.3) is 43.6 Å². The largest absolute Gasteiger partial charge is 0.264 e. The molecule has 0 bridgehead atoms. The topological polar surface area (TPSA) is 69.4 Å². The fourth-order valence-electron chi connectivity index (χ4n) is 3.20. The zero-order valence-electron chi connectivity index (χ0n) is 15.4. The maximum atomic E-state index is 4.89. The molecule has 0 saturated carbocycles. The van der Waals surface area contributed by atoms with Gasteiger partial charge in [-0.2, -0.15) is 5.10 Å². The summed E-state index contributed by atoms with van der Waals surface area (Å²) in [5.74, 6) is 0. The minimum atomic E-state index is 0.828. The molecule has 0 unspecified atom stereocenters. The summed E-state index contributed by atoms with van der Waals surface area (Å²) in [6, 6.07) is 13.9. The van der Waals surface area contributed by atoms with Crippen molar-refractivity contribution in [1.29, 1.82) is 0 Å². The standard InChI is InChI=1S/C21H16N6S/c1-13-19(28-21(24-13)14-6-5-10-22-12-14)17-9-8-15-18(16-7-3-4-11-23-16)26-27(2)20(15)25-17/h3-12H,1-2H3. The Balaban J connectivity index is 1.62. The number of aromatic nitrogens is 6. The van der Waals surface area contributed by atoms with Crippen LogP contribution in [0.5, 0.6) is 0 Å². The highest BCUT2D eigenvalue weighted by Crippen LogP contribution is 2.35. The summed E-state index contributed by atoms with van der Waals surface area (Å²) in [5, 5.41) is 6.57. The molecule has 5 aromatic rings. The number of thiazole rings is 1. The van der Waals surface area contributed by atoms with E-state index >= 15 is 0 Å². The Morgan fingerprint density at radius 1 is 0.929 bits per heavy atom. The van der Waals surface area contributed by atoms with Crippen LogP contribution in [-0.2, 0) is 7.05 Å². The highest BCUT2D eigenvalue weighted by atomic mass is 32.1. The summed E-state index contributed by atoms with van der Waals surface area (Å²) in [6.45, 7) is 2.01. The van der Waals surface area contributed by atoms with Crippen molar-refractivity contribution in [3.05, 3.63) is 66.7 Å². The molecule has 7 heteroatoms. The van der Waals surface area contributed by atoms with Crippen molar-refractivity contribution >= 4 is 22.4 Å². The summed E-state index contributed by atoms with van der Waals surface area (Å²) in [5.41, 5.74) is 5.38. The van der Waals surface area contributed by atoms with Gasteiger partial charge in [-0.3, -0.25) is 9.97 Å². The van der Waals surface area contributed by atoms with Crippen molar-refractivity contribution < 1.29 is 0 Å². The minimum absolute atomic E-state index is 0.828. The van der Waals surface area contributed by atoms with Crippen molar-refractivity contribution in [3.8, 4) is 32.5 Å². The van der Waals surface area contributed by atoms with E-state index in [9.17, 15) is 0 Å². The molecule has 0 amide bonds. The summed E-state index contributed by atoms with van der Waals surface area (Å²) >= 11 is 1.63. The quantitative estimate of drug-likeness (QED) is 0.457. The maximum Gasteiger partial charge on any atom is 0.158 e. The molecule has 136 valence electrons. The van der Waals surface area contributed by atoms with Crippen LogP contribution in [0.2, 0.25) is 0 Å². The fraction of sp³-hybridized carbons (Fsp3) is 0.0952. The van der Waals surface area contributed by atoms with E-state index in [1.165, 1.54) is 0 Å². The molecule has 5 aromatic heterocycles. The van der Waals surface area contributed by atoms with Gasteiger partial charge in [0.15, 0.2) is 5.65 Å². The van der Waals surface area contributed by atoms with E-state index in [0.29, 0.717) is 0 Å². The van der Waals surface area contributed by atoms with Crippen LogP contribution >= 0.6 is 11.3 Å². The number of pyridine rings is 3. The van der Waals surface area contributed by atoms with E-state index < -0.39 is 0 Å². The van der Waals surface area contributed by atoms with E-state index in [-0.39, 0.29) is 0 Å². The number of rotatable bonds is 3. The summed E-state index contributed by atoms with van der Waals surface area (Å²) in [7, 11) is 1.91. The second-order valence-electron chi connectivity index (χ2n) is 6.43. The van der Waals surface area contributed by atoms with Gasteiger partial charge in [-0.15, -0.1) is 11.3 Å². The Kier molecular flexibility index (Phi) is 3.95. The first-order chi connectivity index (χ1) is 13.7. The summed E-state index contributed by atoms with van der Waals surface area (Å²) < 4.78 is 1.81. The van der Waals surface area contributed by atoms with Gasteiger partial charge < -0.3 is 0 Å². The molecule has 0 radical (unpaired) electrons. The van der Waals surface area contributed by atoms with Crippen molar-refractivity contribution in [2.45, 2.75) is 6.92 Å². The predicted molar refractivity (Wildman–Crippen MR) is 111 cm³/mol. The molecule has 0 aromatic carbocycles.